The Morgan fingerprint density at radius 3 is 2.40 bits per heavy atom. The molecule has 0 radical (unpaired) electrons. The van der Waals surface area contributed by atoms with E-state index in [0.717, 1.165) is 16.4 Å². The molecule has 0 aliphatic heterocycles. The van der Waals surface area contributed by atoms with Gasteiger partial charge in [-0.25, -0.2) is 4.98 Å². The smallest absolute Gasteiger partial charge is 0.130 e. The lowest BCUT2D eigenvalue weighted by Crippen LogP contribution is -1.92. The molecule has 78 valence electrons. The highest BCUT2D eigenvalue weighted by Crippen LogP contribution is 2.21. The van der Waals surface area contributed by atoms with Crippen molar-refractivity contribution in [1.29, 1.82) is 0 Å². The number of rotatable bonds is 2. The molecule has 0 spiro atoms. The molecular weight excluding hydrogens is 228 g/mol. The number of benzene rings is 1. The van der Waals surface area contributed by atoms with E-state index in [0.29, 0.717) is 0 Å². The lowest BCUT2D eigenvalue weighted by molar-refractivity contribution is 1.29. The summed E-state index contributed by atoms with van der Waals surface area (Å²) in [7, 11) is 0. The maximum atomic E-state index is 4.34. The van der Waals surface area contributed by atoms with Gasteiger partial charge in [0.2, 0.25) is 0 Å². The second-order valence-corrected chi connectivity index (χ2v) is 3.34. The summed E-state index contributed by atoms with van der Waals surface area (Å²) in [6.07, 6.45) is 1.75. The van der Waals surface area contributed by atoms with Crippen LogP contribution in [0.15, 0.2) is 53.6 Å². The molecule has 0 fully saturated rings. The number of pyridine rings is 1. The minimum Gasteiger partial charge on any atom is -0.339 e. The van der Waals surface area contributed by atoms with E-state index >= 15 is 0 Å². The van der Waals surface area contributed by atoms with E-state index in [1.807, 2.05) is 42.5 Å². The van der Waals surface area contributed by atoms with Crippen molar-refractivity contribution < 1.29 is 0 Å². The molecule has 2 rings (SSSR count). The Morgan fingerprint density at radius 2 is 1.73 bits per heavy atom. The molecule has 0 amide bonds. The number of para-hydroxylation sites is 1. The van der Waals surface area contributed by atoms with Gasteiger partial charge in [0.05, 0.1) is 5.69 Å². The molecule has 0 bridgehead atoms. The predicted molar refractivity (Wildman–Crippen MR) is 68.5 cm³/mol. The van der Waals surface area contributed by atoms with Crippen molar-refractivity contribution in [3.05, 3.63) is 48.7 Å². The van der Waals surface area contributed by atoms with E-state index in [4.69, 9.17) is 0 Å². The highest BCUT2D eigenvalue weighted by Gasteiger charge is 1.97. The average Bonchev–Trinajstić information content (AvgIpc) is 2.23. The average molecular weight is 239 g/mol. The molecular formula is C11H11ClN2S. The summed E-state index contributed by atoms with van der Waals surface area (Å²) < 4.78 is 0. The van der Waals surface area contributed by atoms with Crippen molar-refractivity contribution >= 4 is 36.5 Å². The molecule has 2 aromatic rings. The van der Waals surface area contributed by atoms with E-state index in [1.54, 1.807) is 6.20 Å². The minimum atomic E-state index is 0. The number of anilines is 2. The van der Waals surface area contributed by atoms with Crippen molar-refractivity contribution in [2.24, 2.45) is 0 Å². The molecule has 0 atom stereocenters. The van der Waals surface area contributed by atoms with Crippen LogP contribution in [0.4, 0.5) is 11.5 Å². The highest BCUT2D eigenvalue weighted by atomic mass is 35.5. The van der Waals surface area contributed by atoms with Crippen molar-refractivity contribution in [3.63, 3.8) is 0 Å². The maximum Gasteiger partial charge on any atom is 0.130 e. The number of hydrogen-bond donors (Lipinski definition) is 2. The number of halogens is 1. The Morgan fingerprint density at radius 1 is 1.00 bits per heavy atom. The van der Waals surface area contributed by atoms with Crippen LogP contribution in [-0.4, -0.2) is 4.98 Å². The van der Waals surface area contributed by atoms with Gasteiger partial charge in [-0.05, 0) is 24.3 Å². The van der Waals surface area contributed by atoms with Crippen LogP contribution in [0.1, 0.15) is 0 Å². The van der Waals surface area contributed by atoms with Gasteiger partial charge in [-0.3, -0.25) is 0 Å². The summed E-state index contributed by atoms with van der Waals surface area (Å²) in [5.41, 5.74) is 0.967. The second-order valence-electron chi connectivity index (χ2n) is 2.86. The Balaban J connectivity index is 0.00000112. The number of aromatic nitrogens is 1. The topological polar surface area (TPSA) is 24.9 Å². The van der Waals surface area contributed by atoms with Crippen LogP contribution in [0.2, 0.25) is 0 Å². The molecule has 0 aliphatic rings. The summed E-state index contributed by atoms with van der Waals surface area (Å²) in [6, 6.07) is 13.6. The monoisotopic (exact) mass is 238 g/mol. The molecule has 1 N–H and O–H groups in total. The van der Waals surface area contributed by atoms with Crippen LogP contribution in [0.5, 0.6) is 0 Å². The molecule has 0 aliphatic carbocycles. The van der Waals surface area contributed by atoms with Gasteiger partial charge in [0.15, 0.2) is 0 Å². The fourth-order valence-electron chi connectivity index (χ4n) is 1.15. The third kappa shape index (κ3) is 3.15. The summed E-state index contributed by atoms with van der Waals surface area (Å²) in [6.45, 7) is 0. The van der Waals surface area contributed by atoms with E-state index < -0.39 is 0 Å². The van der Waals surface area contributed by atoms with Gasteiger partial charge in [0.1, 0.15) is 5.82 Å². The molecule has 2 nitrogen and oxygen atoms in total. The van der Waals surface area contributed by atoms with E-state index in [-0.39, 0.29) is 12.4 Å². The first-order chi connectivity index (χ1) is 6.86. The van der Waals surface area contributed by atoms with Crippen molar-refractivity contribution in [2.45, 2.75) is 4.90 Å². The van der Waals surface area contributed by atoms with Crippen molar-refractivity contribution in [2.75, 3.05) is 5.32 Å². The van der Waals surface area contributed by atoms with Crippen molar-refractivity contribution in [3.8, 4) is 0 Å². The number of nitrogens with one attached hydrogen (secondary N) is 1. The summed E-state index contributed by atoms with van der Waals surface area (Å²) in [4.78, 5) is 5.09. The molecule has 4 heteroatoms. The number of thiol groups is 1. The number of nitrogens with zero attached hydrogens (tertiary/aromatic N) is 1. The van der Waals surface area contributed by atoms with Crippen LogP contribution in [0, 0.1) is 0 Å². The molecule has 1 aromatic heterocycles. The first kappa shape index (κ1) is 11.9. The standard InChI is InChI=1S/C11H10N2S.ClH/c14-10-6-2-1-5-9(10)13-11-7-3-4-8-12-11;/h1-8,14H,(H,12,13);1H. The molecule has 1 heterocycles. The fraction of sp³-hybridized carbons (Fsp3) is 0. The summed E-state index contributed by atoms with van der Waals surface area (Å²) >= 11 is 4.34. The Hall–Kier alpha value is -1.19. The summed E-state index contributed by atoms with van der Waals surface area (Å²) in [5.74, 6) is 0.828. The molecule has 0 saturated carbocycles. The van der Waals surface area contributed by atoms with Gasteiger partial charge < -0.3 is 5.32 Å². The van der Waals surface area contributed by atoms with Gasteiger partial charge in [0.25, 0.3) is 0 Å². The van der Waals surface area contributed by atoms with Gasteiger partial charge in [-0.15, -0.1) is 25.0 Å². The van der Waals surface area contributed by atoms with Crippen LogP contribution in [0.25, 0.3) is 0 Å². The van der Waals surface area contributed by atoms with Crippen LogP contribution >= 0.6 is 25.0 Å². The first-order valence-electron chi connectivity index (χ1n) is 4.32. The van der Waals surface area contributed by atoms with Crippen LogP contribution < -0.4 is 5.32 Å². The van der Waals surface area contributed by atoms with Crippen molar-refractivity contribution in [1.82, 2.24) is 4.98 Å². The predicted octanol–water partition coefficient (Wildman–Crippen LogP) is 3.54. The zero-order valence-corrected chi connectivity index (χ0v) is 9.63. The lowest BCUT2D eigenvalue weighted by atomic mass is 10.3. The Kier molecular flexibility index (Phi) is 4.46. The SMILES string of the molecule is Cl.Sc1ccccc1Nc1ccccn1. The Bertz CT molecular complexity index is 420. The first-order valence-corrected chi connectivity index (χ1v) is 4.77. The lowest BCUT2D eigenvalue weighted by Gasteiger charge is -2.06. The Labute approximate surface area is 101 Å². The van der Waals surface area contributed by atoms with E-state index in [1.165, 1.54) is 0 Å². The van der Waals surface area contributed by atoms with Crippen LogP contribution in [0.3, 0.4) is 0 Å². The molecule has 15 heavy (non-hydrogen) atoms. The molecule has 1 aromatic carbocycles. The van der Waals surface area contributed by atoms with Gasteiger partial charge >= 0.3 is 0 Å². The quantitative estimate of drug-likeness (QED) is 0.783. The van der Waals surface area contributed by atoms with E-state index in [9.17, 15) is 0 Å². The van der Waals surface area contributed by atoms with Crippen LogP contribution in [-0.2, 0) is 0 Å². The second kappa shape index (κ2) is 5.63. The third-order valence-electron chi connectivity index (χ3n) is 1.83. The third-order valence-corrected chi connectivity index (χ3v) is 2.22. The summed E-state index contributed by atoms with van der Waals surface area (Å²) in [5, 5.41) is 3.18. The van der Waals surface area contributed by atoms with Gasteiger partial charge in [-0.1, -0.05) is 18.2 Å². The number of hydrogen-bond acceptors (Lipinski definition) is 3. The minimum absolute atomic E-state index is 0. The fourth-order valence-corrected chi connectivity index (χ4v) is 1.37. The molecule has 0 saturated heterocycles. The highest BCUT2D eigenvalue weighted by molar-refractivity contribution is 7.80. The van der Waals surface area contributed by atoms with Gasteiger partial charge in [-0.2, -0.15) is 0 Å². The zero-order chi connectivity index (χ0) is 9.80. The molecule has 0 unspecified atom stereocenters. The largest absolute Gasteiger partial charge is 0.339 e. The normalized spacial score (nSPS) is 9.13. The maximum absolute atomic E-state index is 4.34. The van der Waals surface area contributed by atoms with Gasteiger partial charge in [0, 0.05) is 11.1 Å². The zero-order valence-electron chi connectivity index (χ0n) is 7.92. The van der Waals surface area contributed by atoms with E-state index in [2.05, 4.69) is 22.9 Å².